The Balaban J connectivity index is 1.23. The van der Waals surface area contributed by atoms with Crippen molar-refractivity contribution < 1.29 is 4.79 Å². The van der Waals surface area contributed by atoms with Gasteiger partial charge >= 0.3 is 0 Å². The summed E-state index contributed by atoms with van der Waals surface area (Å²) in [5, 5.41) is 9.48. The van der Waals surface area contributed by atoms with Gasteiger partial charge in [-0.1, -0.05) is 43.3 Å². The molecule has 0 N–H and O–H groups in total. The number of para-hydroxylation sites is 2. The van der Waals surface area contributed by atoms with Gasteiger partial charge in [-0.3, -0.25) is 9.69 Å². The number of carbonyl (C=O) groups excluding carboxylic acids is 1. The lowest BCUT2D eigenvalue weighted by Gasteiger charge is -2.37. The standard InChI is InChI=1S/C33H39N5O/c1-4-27-9-5-7-11-31(27)37-17-19-38(20-18-37)33(39)30-22-29(25(2)21-26(30)3)24-35-13-15-36(16-14-35)32-12-8-6-10-28(32)23-34/h5-12,21-22H,4,13-20,24H2,1-3H3. The van der Waals surface area contributed by atoms with Crippen LogP contribution in [0.25, 0.3) is 0 Å². The molecule has 202 valence electrons. The fourth-order valence-electron chi connectivity index (χ4n) is 5.97. The number of benzene rings is 3. The molecule has 0 unspecified atom stereocenters. The van der Waals surface area contributed by atoms with E-state index in [0.717, 1.165) is 87.7 Å². The van der Waals surface area contributed by atoms with E-state index in [2.05, 4.69) is 77.9 Å². The highest BCUT2D eigenvalue weighted by atomic mass is 16.2. The fourth-order valence-corrected chi connectivity index (χ4v) is 5.97. The van der Waals surface area contributed by atoms with Gasteiger partial charge < -0.3 is 14.7 Å². The molecule has 1 amide bonds. The average molecular weight is 522 g/mol. The van der Waals surface area contributed by atoms with Crippen molar-refractivity contribution in [2.45, 2.75) is 33.7 Å². The molecule has 6 heteroatoms. The molecule has 0 atom stereocenters. The van der Waals surface area contributed by atoms with Crippen molar-refractivity contribution in [1.29, 1.82) is 5.26 Å². The molecule has 2 aliphatic heterocycles. The Bertz CT molecular complexity index is 1360. The fraction of sp³-hybridized carbons (Fsp3) is 0.394. The summed E-state index contributed by atoms with van der Waals surface area (Å²) in [6, 6.07) is 23.1. The summed E-state index contributed by atoms with van der Waals surface area (Å²) < 4.78 is 0. The normalized spacial score (nSPS) is 16.3. The van der Waals surface area contributed by atoms with Crippen LogP contribution < -0.4 is 9.80 Å². The Labute approximate surface area is 233 Å². The molecule has 0 bridgehead atoms. The number of carbonyl (C=O) groups is 1. The first-order valence-corrected chi connectivity index (χ1v) is 14.2. The van der Waals surface area contributed by atoms with Gasteiger partial charge in [0.2, 0.25) is 0 Å². The maximum atomic E-state index is 13.7. The first kappa shape index (κ1) is 26.8. The highest BCUT2D eigenvalue weighted by Gasteiger charge is 2.26. The van der Waals surface area contributed by atoms with Gasteiger partial charge in [0.25, 0.3) is 5.91 Å². The van der Waals surface area contributed by atoms with Crippen LogP contribution in [-0.2, 0) is 13.0 Å². The van der Waals surface area contributed by atoms with Crippen molar-refractivity contribution in [2.75, 3.05) is 62.2 Å². The predicted molar refractivity (Wildman–Crippen MR) is 158 cm³/mol. The SMILES string of the molecule is CCc1ccccc1N1CCN(C(=O)c2cc(CN3CCN(c4ccccc4C#N)CC3)c(C)cc2C)CC1. The summed E-state index contributed by atoms with van der Waals surface area (Å²) in [6.07, 6.45) is 1.02. The molecule has 2 fully saturated rings. The van der Waals surface area contributed by atoms with E-state index < -0.39 is 0 Å². The van der Waals surface area contributed by atoms with E-state index in [0.29, 0.717) is 0 Å². The molecular formula is C33H39N5O. The first-order chi connectivity index (χ1) is 19.0. The van der Waals surface area contributed by atoms with Crippen molar-refractivity contribution >= 4 is 17.3 Å². The third kappa shape index (κ3) is 5.79. The maximum absolute atomic E-state index is 13.7. The Morgan fingerprint density at radius 1 is 0.769 bits per heavy atom. The zero-order chi connectivity index (χ0) is 27.4. The third-order valence-corrected chi connectivity index (χ3v) is 8.32. The van der Waals surface area contributed by atoms with Crippen molar-refractivity contribution in [3.8, 4) is 6.07 Å². The van der Waals surface area contributed by atoms with Crippen molar-refractivity contribution in [1.82, 2.24) is 9.80 Å². The molecule has 0 aromatic heterocycles. The Hall–Kier alpha value is -3.82. The molecule has 2 saturated heterocycles. The van der Waals surface area contributed by atoms with E-state index in [4.69, 9.17) is 0 Å². The minimum atomic E-state index is 0.148. The van der Waals surface area contributed by atoms with Crippen LogP contribution in [0.5, 0.6) is 0 Å². The first-order valence-electron chi connectivity index (χ1n) is 14.2. The minimum absolute atomic E-state index is 0.148. The molecule has 0 radical (unpaired) electrons. The number of hydrogen-bond donors (Lipinski definition) is 0. The van der Waals surface area contributed by atoms with Crippen LogP contribution in [0.2, 0.25) is 0 Å². The Morgan fingerprint density at radius 3 is 2.08 bits per heavy atom. The number of nitrogens with zero attached hydrogens (tertiary/aromatic N) is 5. The predicted octanol–water partition coefficient (Wildman–Crippen LogP) is 5.02. The number of amides is 1. The highest BCUT2D eigenvalue weighted by Crippen LogP contribution is 2.26. The quantitative estimate of drug-likeness (QED) is 0.456. The number of piperazine rings is 2. The van der Waals surface area contributed by atoms with E-state index in [9.17, 15) is 10.1 Å². The van der Waals surface area contributed by atoms with Crippen LogP contribution in [0.1, 0.15) is 45.1 Å². The van der Waals surface area contributed by atoms with Crippen LogP contribution >= 0.6 is 0 Å². The van der Waals surface area contributed by atoms with Gasteiger partial charge in [-0.25, -0.2) is 0 Å². The largest absolute Gasteiger partial charge is 0.368 e. The van der Waals surface area contributed by atoms with Crippen LogP contribution in [-0.4, -0.2) is 68.1 Å². The second kappa shape index (κ2) is 11.9. The summed E-state index contributed by atoms with van der Waals surface area (Å²) in [4.78, 5) is 22.9. The molecule has 0 spiro atoms. The number of hydrogen-bond acceptors (Lipinski definition) is 5. The van der Waals surface area contributed by atoms with E-state index in [1.54, 1.807) is 0 Å². The molecule has 39 heavy (non-hydrogen) atoms. The zero-order valence-electron chi connectivity index (χ0n) is 23.5. The minimum Gasteiger partial charge on any atom is -0.368 e. The molecule has 6 nitrogen and oxygen atoms in total. The molecule has 2 aliphatic rings. The zero-order valence-corrected chi connectivity index (χ0v) is 23.5. The van der Waals surface area contributed by atoms with Gasteiger partial charge in [0.05, 0.1) is 11.3 Å². The lowest BCUT2D eigenvalue weighted by molar-refractivity contribution is 0.0745. The molecular weight excluding hydrogens is 482 g/mol. The lowest BCUT2D eigenvalue weighted by atomic mass is 9.98. The summed E-state index contributed by atoms with van der Waals surface area (Å²) in [5.74, 6) is 0.148. The molecule has 0 saturated carbocycles. The van der Waals surface area contributed by atoms with Crippen LogP contribution in [0.4, 0.5) is 11.4 Å². The second-order valence-electron chi connectivity index (χ2n) is 10.7. The third-order valence-electron chi connectivity index (χ3n) is 8.32. The molecule has 3 aromatic rings. The van der Waals surface area contributed by atoms with E-state index in [1.807, 2.05) is 29.2 Å². The van der Waals surface area contributed by atoms with Crippen molar-refractivity contribution in [3.05, 3.63) is 94.0 Å². The number of aryl methyl sites for hydroxylation is 3. The summed E-state index contributed by atoms with van der Waals surface area (Å²) >= 11 is 0. The van der Waals surface area contributed by atoms with E-state index in [1.165, 1.54) is 22.4 Å². The summed E-state index contributed by atoms with van der Waals surface area (Å²) in [7, 11) is 0. The maximum Gasteiger partial charge on any atom is 0.254 e. The van der Waals surface area contributed by atoms with Gasteiger partial charge in [0.15, 0.2) is 0 Å². The molecule has 3 aromatic carbocycles. The summed E-state index contributed by atoms with van der Waals surface area (Å²) in [5.41, 5.74) is 8.78. The van der Waals surface area contributed by atoms with Gasteiger partial charge in [0, 0.05) is 70.2 Å². The lowest BCUT2D eigenvalue weighted by Crippen LogP contribution is -2.49. The highest BCUT2D eigenvalue weighted by molar-refractivity contribution is 5.96. The van der Waals surface area contributed by atoms with E-state index in [-0.39, 0.29) is 5.91 Å². The van der Waals surface area contributed by atoms with Crippen molar-refractivity contribution in [3.63, 3.8) is 0 Å². The number of anilines is 2. The number of rotatable bonds is 6. The van der Waals surface area contributed by atoms with Crippen LogP contribution in [0.3, 0.4) is 0 Å². The van der Waals surface area contributed by atoms with Crippen molar-refractivity contribution in [2.24, 2.45) is 0 Å². The molecule has 5 rings (SSSR count). The number of nitriles is 1. The van der Waals surface area contributed by atoms with Gasteiger partial charge in [-0.15, -0.1) is 0 Å². The smallest absolute Gasteiger partial charge is 0.254 e. The molecule has 2 heterocycles. The summed E-state index contributed by atoms with van der Waals surface area (Å²) in [6.45, 7) is 14.1. The monoisotopic (exact) mass is 521 g/mol. The average Bonchev–Trinajstić information content (AvgIpc) is 2.98. The van der Waals surface area contributed by atoms with E-state index >= 15 is 0 Å². The topological polar surface area (TPSA) is 53.8 Å². The van der Waals surface area contributed by atoms with Crippen LogP contribution in [0, 0.1) is 25.2 Å². The van der Waals surface area contributed by atoms with Gasteiger partial charge in [-0.05, 0) is 66.8 Å². The van der Waals surface area contributed by atoms with Crippen LogP contribution in [0.15, 0.2) is 60.7 Å². The molecule has 0 aliphatic carbocycles. The van der Waals surface area contributed by atoms with Gasteiger partial charge in [-0.2, -0.15) is 5.26 Å². The Morgan fingerprint density at radius 2 is 1.38 bits per heavy atom. The van der Waals surface area contributed by atoms with Gasteiger partial charge in [0.1, 0.15) is 6.07 Å². The Kier molecular flexibility index (Phi) is 8.18. The second-order valence-corrected chi connectivity index (χ2v) is 10.7.